The van der Waals surface area contributed by atoms with Gasteiger partial charge in [-0.2, -0.15) is 0 Å². The zero-order chi connectivity index (χ0) is 14.3. The van der Waals surface area contributed by atoms with Crippen molar-refractivity contribution in [2.24, 2.45) is 5.73 Å². The summed E-state index contributed by atoms with van der Waals surface area (Å²) in [7, 11) is 0. The number of halogens is 2. The molecule has 0 saturated heterocycles. The lowest BCUT2D eigenvalue weighted by Gasteiger charge is -2.24. The summed E-state index contributed by atoms with van der Waals surface area (Å²) in [6.45, 7) is 2.57. The zero-order valence-corrected chi connectivity index (χ0v) is 11.2. The summed E-state index contributed by atoms with van der Waals surface area (Å²) in [6.07, 6.45) is 0.853. The van der Waals surface area contributed by atoms with Gasteiger partial charge in [0.15, 0.2) is 0 Å². The SMILES string of the molecule is CC(N)c1cc(F)ccc1N1CCc2ccc(F)cc21. The maximum Gasteiger partial charge on any atom is 0.125 e. The van der Waals surface area contributed by atoms with Gasteiger partial charge in [0.2, 0.25) is 0 Å². The number of hydrogen-bond donors (Lipinski definition) is 1. The maximum atomic E-state index is 13.5. The molecule has 0 aliphatic carbocycles. The van der Waals surface area contributed by atoms with Crippen LogP contribution in [0.2, 0.25) is 0 Å². The van der Waals surface area contributed by atoms with Crippen molar-refractivity contribution in [1.82, 2.24) is 0 Å². The molecule has 0 bridgehead atoms. The van der Waals surface area contributed by atoms with Gasteiger partial charge < -0.3 is 10.6 Å². The van der Waals surface area contributed by atoms with Crippen LogP contribution < -0.4 is 10.6 Å². The Kier molecular flexibility index (Phi) is 3.18. The monoisotopic (exact) mass is 274 g/mol. The van der Waals surface area contributed by atoms with Crippen LogP contribution in [0.25, 0.3) is 0 Å². The summed E-state index contributed by atoms with van der Waals surface area (Å²) in [6, 6.07) is 9.11. The van der Waals surface area contributed by atoms with Gasteiger partial charge in [0, 0.05) is 24.0 Å². The first-order chi connectivity index (χ1) is 9.56. The first-order valence-corrected chi connectivity index (χ1v) is 6.67. The molecule has 2 N–H and O–H groups in total. The quantitative estimate of drug-likeness (QED) is 0.905. The van der Waals surface area contributed by atoms with Gasteiger partial charge in [-0.1, -0.05) is 6.07 Å². The second kappa shape index (κ2) is 4.87. The average molecular weight is 274 g/mol. The van der Waals surface area contributed by atoms with Crippen molar-refractivity contribution >= 4 is 11.4 Å². The van der Waals surface area contributed by atoms with Crippen LogP contribution in [0, 0.1) is 11.6 Å². The molecular weight excluding hydrogens is 258 g/mol. The number of benzene rings is 2. The van der Waals surface area contributed by atoms with Crippen molar-refractivity contribution in [2.75, 3.05) is 11.4 Å². The van der Waals surface area contributed by atoms with E-state index in [4.69, 9.17) is 5.73 Å². The molecule has 0 saturated carbocycles. The lowest BCUT2D eigenvalue weighted by atomic mass is 10.1. The number of nitrogens with two attached hydrogens (primary N) is 1. The smallest absolute Gasteiger partial charge is 0.125 e. The Morgan fingerprint density at radius 1 is 1.05 bits per heavy atom. The van der Waals surface area contributed by atoms with Gasteiger partial charge in [0.25, 0.3) is 0 Å². The number of nitrogens with zero attached hydrogens (tertiary/aromatic N) is 1. The maximum absolute atomic E-state index is 13.5. The summed E-state index contributed by atoms with van der Waals surface area (Å²) in [5.74, 6) is -0.570. The minimum absolute atomic E-state index is 0.264. The topological polar surface area (TPSA) is 29.3 Å². The predicted molar refractivity (Wildman–Crippen MR) is 76.1 cm³/mol. The average Bonchev–Trinajstić information content (AvgIpc) is 2.81. The van der Waals surface area contributed by atoms with E-state index < -0.39 is 0 Å². The Balaban J connectivity index is 2.10. The fourth-order valence-corrected chi connectivity index (χ4v) is 2.74. The molecule has 0 spiro atoms. The van der Waals surface area contributed by atoms with Gasteiger partial charge in [-0.25, -0.2) is 8.78 Å². The first kappa shape index (κ1) is 13.1. The molecule has 2 aromatic rings. The zero-order valence-electron chi connectivity index (χ0n) is 11.2. The molecule has 1 heterocycles. The highest BCUT2D eigenvalue weighted by Gasteiger charge is 2.23. The van der Waals surface area contributed by atoms with Gasteiger partial charge in [-0.15, -0.1) is 0 Å². The molecule has 3 rings (SSSR count). The van der Waals surface area contributed by atoms with Crippen LogP contribution in [-0.4, -0.2) is 6.54 Å². The van der Waals surface area contributed by atoms with Crippen LogP contribution >= 0.6 is 0 Å². The van der Waals surface area contributed by atoms with Crippen molar-refractivity contribution in [1.29, 1.82) is 0 Å². The molecule has 4 heteroatoms. The van der Waals surface area contributed by atoms with Crippen molar-refractivity contribution in [3.8, 4) is 0 Å². The van der Waals surface area contributed by atoms with E-state index in [0.717, 1.165) is 35.5 Å². The third-order valence-electron chi connectivity index (χ3n) is 3.71. The Labute approximate surface area is 116 Å². The van der Waals surface area contributed by atoms with Crippen LogP contribution in [0.3, 0.4) is 0 Å². The number of hydrogen-bond acceptors (Lipinski definition) is 2. The first-order valence-electron chi connectivity index (χ1n) is 6.67. The highest BCUT2D eigenvalue weighted by Crippen LogP contribution is 2.38. The largest absolute Gasteiger partial charge is 0.341 e. The van der Waals surface area contributed by atoms with Crippen molar-refractivity contribution < 1.29 is 8.78 Å². The summed E-state index contributed by atoms with van der Waals surface area (Å²) in [4.78, 5) is 2.01. The molecule has 1 aliphatic rings. The van der Waals surface area contributed by atoms with Crippen LogP contribution in [-0.2, 0) is 6.42 Å². The Hall–Kier alpha value is -1.94. The van der Waals surface area contributed by atoms with Crippen LogP contribution in [0.4, 0.5) is 20.2 Å². The second-order valence-corrected chi connectivity index (χ2v) is 5.17. The van der Waals surface area contributed by atoms with Crippen molar-refractivity contribution in [3.63, 3.8) is 0 Å². The van der Waals surface area contributed by atoms with E-state index in [1.165, 1.54) is 24.3 Å². The molecule has 0 fully saturated rings. The Morgan fingerprint density at radius 3 is 2.50 bits per heavy atom. The predicted octanol–water partition coefficient (Wildman–Crippen LogP) is 3.68. The van der Waals surface area contributed by atoms with E-state index in [1.54, 1.807) is 12.1 Å². The van der Waals surface area contributed by atoms with E-state index in [2.05, 4.69) is 0 Å². The third-order valence-corrected chi connectivity index (χ3v) is 3.71. The van der Waals surface area contributed by atoms with Gasteiger partial charge >= 0.3 is 0 Å². The summed E-state index contributed by atoms with van der Waals surface area (Å²) in [5.41, 5.74) is 9.47. The normalized spacial score (nSPS) is 15.3. The van der Waals surface area contributed by atoms with Gasteiger partial charge in [0.1, 0.15) is 11.6 Å². The number of anilines is 2. The minimum Gasteiger partial charge on any atom is -0.341 e. The van der Waals surface area contributed by atoms with E-state index in [0.29, 0.717) is 0 Å². The van der Waals surface area contributed by atoms with Gasteiger partial charge in [-0.3, -0.25) is 0 Å². The molecule has 2 nitrogen and oxygen atoms in total. The lowest BCUT2D eigenvalue weighted by Crippen LogP contribution is -2.18. The molecule has 2 aromatic carbocycles. The fraction of sp³-hybridized carbons (Fsp3) is 0.250. The molecule has 0 radical (unpaired) electrons. The summed E-state index contributed by atoms with van der Waals surface area (Å²) in [5, 5.41) is 0. The van der Waals surface area contributed by atoms with Crippen LogP contribution in [0.1, 0.15) is 24.1 Å². The molecule has 0 amide bonds. The van der Waals surface area contributed by atoms with E-state index in [-0.39, 0.29) is 17.7 Å². The van der Waals surface area contributed by atoms with Gasteiger partial charge in [-0.05, 0) is 54.8 Å². The van der Waals surface area contributed by atoms with Crippen LogP contribution in [0.15, 0.2) is 36.4 Å². The third kappa shape index (κ3) is 2.16. The number of rotatable bonds is 2. The standard InChI is InChI=1S/C16H16F2N2/c1-10(19)14-8-12(17)4-5-15(14)20-7-6-11-2-3-13(18)9-16(11)20/h2-5,8-10H,6-7,19H2,1H3. The molecule has 1 unspecified atom stereocenters. The van der Waals surface area contributed by atoms with E-state index >= 15 is 0 Å². The second-order valence-electron chi connectivity index (χ2n) is 5.17. The Bertz CT molecular complexity index is 653. The number of fused-ring (bicyclic) bond motifs is 1. The highest BCUT2D eigenvalue weighted by atomic mass is 19.1. The van der Waals surface area contributed by atoms with Crippen molar-refractivity contribution in [2.45, 2.75) is 19.4 Å². The molecule has 104 valence electrons. The lowest BCUT2D eigenvalue weighted by molar-refractivity contribution is 0.622. The van der Waals surface area contributed by atoms with E-state index in [9.17, 15) is 8.78 Å². The molecule has 0 aromatic heterocycles. The highest BCUT2D eigenvalue weighted by molar-refractivity contribution is 5.72. The summed E-state index contributed by atoms with van der Waals surface area (Å²) >= 11 is 0. The molecule has 1 aliphatic heterocycles. The summed E-state index contributed by atoms with van der Waals surface area (Å²) < 4.78 is 26.9. The van der Waals surface area contributed by atoms with Gasteiger partial charge in [0.05, 0.1) is 0 Å². The van der Waals surface area contributed by atoms with Crippen LogP contribution in [0.5, 0.6) is 0 Å². The van der Waals surface area contributed by atoms with Crippen molar-refractivity contribution in [3.05, 3.63) is 59.2 Å². The Morgan fingerprint density at radius 2 is 1.75 bits per heavy atom. The minimum atomic E-state index is -0.306. The molecule has 1 atom stereocenters. The fourth-order valence-electron chi connectivity index (χ4n) is 2.74. The molecule has 20 heavy (non-hydrogen) atoms. The van der Waals surface area contributed by atoms with E-state index in [1.807, 2.05) is 11.8 Å². The molecular formula is C16H16F2N2.